The zero-order valence-electron chi connectivity index (χ0n) is 9.79. The lowest BCUT2D eigenvalue weighted by atomic mass is 10.2. The Kier molecular flexibility index (Phi) is 3.37. The second kappa shape index (κ2) is 4.38. The Labute approximate surface area is 93.8 Å². The first-order chi connectivity index (χ1) is 7.31. The molecule has 0 unspecified atom stereocenters. The Morgan fingerprint density at radius 3 is 2.62 bits per heavy atom. The Morgan fingerprint density at radius 2 is 2.12 bits per heavy atom. The van der Waals surface area contributed by atoms with Crippen LogP contribution in [0.4, 0.5) is 10.5 Å². The minimum Gasteiger partial charge on any atom is -0.456 e. The van der Waals surface area contributed by atoms with Crippen LogP contribution >= 0.6 is 0 Å². The number of hydrogen-bond acceptors (Lipinski definition) is 4. The summed E-state index contributed by atoms with van der Waals surface area (Å²) in [5.41, 5.74) is -0.258. The molecule has 0 aliphatic heterocycles. The van der Waals surface area contributed by atoms with Gasteiger partial charge in [0.25, 0.3) is 0 Å². The van der Waals surface area contributed by atoms with Crippen LogP contribution in [0.25, 0.3) is 0 Å². The quantitative estimate of drug-likeness (QED) is 0.786. The normalized spacial score (nSPS) is 11.0. The number of carbonyl (C=O) groups excluding carboxylic acids is 2. The number of furan rings is 1. The van der Waals surface area contributed by atoms with Gasteiger partial charge < -0.3 is 9.15 Å². The average molecular weight is 225 g/mol. The van der Waals surface area contributed by atoms with E-state index < -0.39 is 11.7 Å². The standard InChI is InChI=1S/C11H15NO4/c1-7-5-8(9(6-13)15-7)12-10(14)16-11(2,3)4/h5-6H,1-4H3,(H,12,14). The second-order valence-electron chi connectivity index (χ2n) is 4.38. The van der Waals surface area contributed by atoms with Gasteiger partial charge in [-0.15, -0.1) is 0 Å². The number of hydrogen-bond donors (Lipinski definition) is 1. The number of nitrogens with one attached hydrogen (secondary N) is 1. The Hall–Kier alpha value is -1.78. The first-order valence-electron chi connectivity index (χ1n) is 4.87. The van der Waals surface area contributed by atoms with E-state index in [1.165, 1.54) is 0 Å². The highest BCUT2D eigenvalue weighted by atomic mass is 16.6. The lowest BCUT2D eigenvalue weighted by Crippen LogP contribution is -2.27. The molecule has 0 radical (unpaired) electrons. The molecule has 0 fully saturated rings. The lowest BCUT2D eigenvalue weighted by Gasteiger charge is -2.19. The minimum absolute atomic E-state index is 0.0864. The molecule has 0 aliphatic rings. The SMILES string of the molecule is Cc1cc(NC(=O)OC(C)(C)C)c(C=O)o1. The molecule has 1 aromatic heterocycles. The van der Waals surface area contributed by atoms with E-state index >= 15 is 0 Å². The van der Waals surface area contributed by atoms with Gasteiger partial charge >= 0.3 is 6.09 Å². The van der Waals surface area contributed by atoms with Crippen LogP contribution in [0.15, 0.2) is 10.5 Å². The summed E-state index contributed by atoms with van der Waals surface area (Å²) in [6, 6.07) is 1.56. The molecule has 16 heavy (non-hydrogen) atoms. The molecule has 88 valence electrons. The van der Waals surface area contributed by atoms with Crippen LogP contribution in [-0.4, -0.2) is 18.0 Å². The molecule has 1 aromatic rings. The van der Waals surface area contributed by atoms with E-state index in [0.717, 1.165) is 0 Å². The van der Waals surface area contributed by atoms with Crippen molar-refractivity contribution in [1.82, 2.24) is 0 Å². The maximum Gasteiger partial charge on any atom is 0.412 e. The third-order valence-corrected chi connectivity index (χ3v) is 1.63. The number of aldehydes is 1. The molecule has 1 rings (SSSR count). The summed E-state index contributed by atoms with van der Waals surface area (Å²) in [5.74, 6) is 0.636. The Bertz CT molecular complexity index is 401. The molecule has 5 nitrogen and oxygen atoms in total. The number of carbonyl (C=O) groups is 2. The fourth-order valence-corrected chi connectivity index (χ4v) is 1.13. The number of rotatable bonds is 2. The van der Waals surface area contributed by atoms with Gasteiger partial charge in [0, 0.05) is 6.07 Å². The topological polar surface area (TPSA) is 68.5 Å². The van der Waals surface area contributed by atoms with Crippen LogP contribution in [0.1, 0.15) is 37.1 Å². The maximum absolute atomic E-state index is 11.4. The van der Waals surface area contributed by atoms with Crippen LogP contribution < -0.4 is 5.32 Å². The smallest absolute Gasteiger partial charge is 0.412 e. The minimum atomic E-state index is -0.614. The van der Waals surface area contributed by atoms with Gasteiger partial charge in [-0.25, -0.2) is 4.79 Å². The Balaban J connectivity index is 2.73. The zero-order valence-corrected chi connectivity index (χ0v) is 9.79. The van der Waals surface area contributed by atoms with Crippen molar-refractivity contribution in [2.75, 3.05) is 5.32 Å². The average Bonchev–Trinajstić information content (AvgIpc) is 2.42. The van der Waals surface area contributed by atoms with Gasteiger partial charge in [0.05, 0.1) is 5.69 Å². The van der Waals surface area contributed by atoms with Crippen molar-refractivity contribution < 1.29 is 18.7 Å². The molecular weight excluding hydrogens is 210 g/mol. The van der Waals surface area contributed by atoms with E-state index in [9.17, 15) is 9.59 Å². The van der Waals surface area contributed by atoms with Gasteiger partial charge in [0.15, 0.2) is 12.0 Å². The van der Waals surface area contributed by atoms with E-state index in [1.807, 2.05) is 0 Å². The number of amides is 1. The molecule has 0 saturated heterocycles. The number of aryl methyl sites for hydroxylation is 1. The van der Waals surface area contributed by atoms with Crippen molar-refractivity contribution in [2.45, 2.75) is 33.3 Å². The lowest BCUT2D eigenvalue weighted by molar-refractivity contribution is 0.0636. The molecule has 0 atom stereocenters. The summed E-state index contributed by atoms with van der Waals surface area (Å²) >= 11 is 0. The second-order valence-corrected chi connectivity index (χ2v) is 4.38. The number of anilines is 1. The van der Waals surface area contributed by atoms with Crippen LogP contribution in [0.2, 0.25) is 0 Å². The molecule has 0 saturated carbocycles. The van der Waals surface area contributed by atoms with Gasteiger partial charge in [-0.3, -0.25) is 10.1 Å². The van der Waals surface area contributed by atoms with Crippen LogP contribution in [0.5, 0.6) is 0 Å². The number of ether oxygens (including phenoxy) is 1. The van der Waals surface area contributed by atoms with Crippen molar-refractivity contribution in [3.8, 4) is 0 Å². The highest BCUT2D eigenvalue weighted by molar-refractivity contribution is 5.91. The van der Waals surface area contributed by atoms with Gasteiger partial charge in [-0.05, 0) is 27.7 Å². The van der Waals surface area contributed by atoms with Crippen LogP contribution in [-0.2, 0) is 4.74 Å². The van der Waals surface area contributed by atoms with Crippen molar-refractivity contribution in [3.05, 3.63) is 17.6 Å². The molecule has 1 N–H and O–H groups in total. The van der Waals surface area contributed by atoms with Crippen LogP contribution in [0, 0.1) is 6.92 Å². The van der Waals surface area contributed by atoms with Crippen LogP contribution in [0.3, 0.4) is 0 Å². The zero-order chi connectivity index (χ0) is 12.3. The molecule has 5 heteroatoms. The first kappa shape index (κ1) is 12.3. The highest BCUT2D eigenvalue weighted by Gasteiger charge is 2.18. The van der Waals surface area contributed by atoms with Gasteiger partial charge in [-0.2, -0.15) is 0 Å². The van der Waals surface area contributed by atoms with E-state index in [4.69, 9.17) is 9.15 Å². The summed E-state index contributed by atoms with van der Waals surface area (Å²) in [7, 11) is 0. The van der Waals surface area contributed by atoms with Crippen molar-refractivity contribution in [2.24, 2.45) is 0 Å². The molecule has 0 aromatic carbocycles. The Morgan fingerprint density at radius 1 is 1.50 bits per heavy atom. The van der Waals surface area contributed by atoms with Gasteiger partial charge in [-0.1, -0.05) is 0 Å². The summed E-state index contributed by atoms with van der Waals surface area (Å²) in [5, 5.41) is 2.45. The summed E-state index contributed by atoms with van der Waals surface area (Å²) in [4.78, 5) is 22.0. The van der Waals surface area contributed by atoms with Gasteiger partial charge in [0.1, 0.15) is 11.4 Å². The largest absolute Gasteiger partial charge is 0.456 e. The highest BCUT2D eigenvalue weighted by Crippen LogP contribution is 2.19. The van der Waals surface area contributed by atoms with E-state index in [1.54, 1.807) is 33.8 Å². The third kappa shape index (κ3) is 3.42. The van der Waals surface area contributed by atoms with E-state index in [0.29, 0.717) is 17.7 Å². The summed E-state index contributed by atoms with van der Waals surface area (Å²) in [6.45, 7) is 6.96. The third-order valence-electron chi connectivity index (χ3n) is 1.63. The summed E-state index contributed by atoms with van der Waals surface area (Å²) in [6.07, 6.45) is -0.0731. The molecular formula is C11H15NO4. The predicted octanol–water partition coefficient (Wildman–Crippen LogP) is 2.75. The van der Waals surface area contributed by atoms with Crippen molar-refractivity contribution >= 4 is 18.1 Å². The fourth-order valence-electron chi connectivity index (χ4n) is 1.13. The molecule has 0 bridgehead atoms. The molecule has 1 amide bonds. The predicted molar refractivity (Wildman–Crippen MR) is 58.7 cm³/mol. The van der Waals surface area contributed by atoms with Crippen molar-refractivity contribution in [1.29, 1.82) is 0 Å². The molecule has 1 heterocycles. The first-order valence-corrected chi connectivity index (χ1v) is 4.87. The summed E-state index contributed by atoms with van der Waals surface area (Å²) < 4.78 is 10.1. The molecule has 0 aliphatic carbocycles. The van der Waals surface area contributed by atoms with E-state index in [2.05, 4.69) is 5.32 Å². The van der Waals surface area contributed by atoms with E-state index in [-0.39, 0.29) is 5.76 Å². The maximum atomic E-state index is 11.4. The monoisotopic (exact) mass is 225 g/mol. The molecule has 0 spiro atoms. The van der Waals surface area contributed by atoms with Crippen molar-refractivity contribution in [3.63, 3.8) is 0 Å². The van der Waals surface area contributed by atoms with Gasteiger partial charge in [0.2, 0.25) is 0 Å². The fraction of sp³-hybridized carbons (Fsp3) is 0.455.